The van der Waals surface area contributed by atoms with E-state index in [4.69, 9.17) is 0 Å². The molecule has 1 heterocycles. The van der Waals surface area contributed by atoms with Gasteiger partial charge < -0.3 is 5.32 Å². The second-order valence-electron chi connectivity index (χ2n) is 5.86. The summed E-state index contributed by atoms with van der Waals surface area (Å²) >= 11 is 1.81. The molecular formula is C14H27N5S. The summed E-state index contributed by atoms with van der Waals surface area (Å²) in [6.45, 7) is 7.82. The summed E-state index contributed by atoms with van der Waals surface area (Å²) in [5.41, 5.74) is 0. The van der Waals surface area contributed by atoms with Crippen molar-refractivity contribution in [3.05, 3.63) is 0 Å². The molecule has 1 saturated carbocycles. The summed E-state index contributed by atoms with van der Waals surface area (Å²) in [7, 11) is 0. The van der Waals surface area contributed by atoms with Crippen molar-refractivity contribution in [1.29, 1.82) is 0 Å². The highest BCUT2D eigenvalue weighted by Crippen LogP contribution is 2.33. The van der Waals surface area contributed by atoms with E-state index >= 15 is 0 Å². The first kappa shape index (κ1) is 15.8. The SMILES string of the molecule is CCCNC(C)CC(C)Sc1nnnn1C1CCCC1. The Kier molecular flexibility index (Phi) is 6.29. The van der Waals surface area contributed by atoms with E-state index < -0.39 is 0 Å². The van der Waals surface area contributed by atoms with Crippen LogP contribution in [0.4, 0.5) is 0 Å². The predicted molar refractivity (Wildman–Crippen MR) is 83.0 cm³/mol. The molecule has 5 nitrogen and oxygen atoms in total. The zero-order chi connectivity index (χ0) is 14.4. The van der Waals surface area contributed by atoms with Crippen LogP contribution in [0.1, 0.15) is 65.3 Å². The average molecular weight is 297 g/mol. The van der Waals surface area contributed by atoms with Gasteiger partial charge in [-0.05, 0) is 49.6 Å². The van der Waals surface area contributed by atoms with Crippen molar-refractivity contribution in [1.82, 2.24) is 25.5 Å². The summed E-state index contributed by atoms with van der Waals surface area (Å²) < 4.78 is 2.05. The van der Waals surface area contributed by atoms with Crippen LogP contribution < -0.4 is 5.32 Å². The first-order valence-corrected chi connectivity index (χ1v) is 8.76. The molecule has 1 N–H and O–H groups in total. The van der Waals surface area contributed by atoms with Crippen LogP contribution in [0, 0.1) is 0 Å². The highest BCUT2D eigenvalue weighted by Gasteiger charge is 2.23. The first-order chi connectivity index (χ1) is 9.70. The van der Waals surface area contributed by atoms with Crippen LogP contribution in [0.15, 0.2) is 5.16 Å². The molecule has 2 atom stereocenters. The van der Waals surface area contributed by atoms with Crippen molar-refractivity contribution in [3.8, 4) is 0 Å². The van der Waals surface area contributed by atoms with Crippen LogP contribution in [0.5, 0.6) is 0 Å². The Bertz CT molecular complexity index is 389. The average Bonchev–Trinajstić information content (AvgIpc) is 3.06. The second-order valence-corrected chi connectivity index (χ2v) is 7.27. The largest absolute Gasteiger partial charge is 0.314 e. The van der Waals surface area contributed by atoms with Gasteiger partial charge in [0, 0.05) is 11.3 Å². The van der Waals surface area contributed by atoms with Gasteiger partial charge in [-0.15, -0.1) is 5.10 Å². The molecule has 0 bridgehead atoms. The highest BCUT2D eigenvalue weighted by atomic mass is 32.2. The Morgan fingerprint density at radius 2 is 2.10 bits per heavy atom. The molecule has 1 aromatic heterocycles. The molecule has 2 unspecified atom stereocenters. The summed E-state index contributed by atoms with van der Waals surface area (Å²) in [4.78, 5) is 0. The fourth-order valence-electron chi connectivity index (χ4n) is 2.84. The van der Waals surface area contributed by atoms with Gasteiger partial charge in [0.25, 0.3) is 0 Å². The minimum absolute atomic E-state index is 0.523. The third kappa shape index (κ3) is 4.45. The molecule has 0 amide bonds. The molecule has 6 heteroatoms. The van der Waals surface area contributed by atoms with Crippen LogP contribution in [-0.4, -0.2) is 38.0 Å². The lowest BCUT2D eigenvalue weighted by Crippen LogP contribution is -2.29. The molecule has 0 aromatic carbocycles. The van der Waals surface area contributed by atoms with E-state index in [-0.39, 0.29) is 0 Å². The molecule has 1 aliphatic rings. The van der Waals surface area contributed by atoms with Crippen LogP contribution in [0.2, 0.25) is 0 Å². The van der Waals surface area contributed by atoms with E-state index in [9.17, 15) is 0 Å². The third-order valence-electron chi connectivity index (χ3n) is 3.87. The maximum absolute atomic E-state index is 4.21. The molecular weight excluding hydrogens is 270 g/mol. The molecule has 2 rings (SSSR count). The topological polar surface area (TPSA) is 55.6 Å². The number of rotatable bonds is 8. The second kappa shape index (κ2) is 7.98. The standard InChI is InChI=1S/C14H27N5S/c1-4-9-15-11(2)10-12(3)20-14-16-17-18-19(14)13-7-5-6-8-13/h11-13,15H,4-10H2,1-3H3. The van der Waals surface area contributed by atoms with E-state index in [1.54, 1.807) is 0 Å². The molecule has 1 aromatic rings. The van der Waals surface area contributed by atoms with Gasteiger partial charge in [-0.3, -0.25) is 0 Å². The lowest BCUT2D eigenvalue weighted by atomic mass is 10.2. The Morgan fingerprint density at radius 3 is 2.80 bits per heavy atom. The Balaban J connectivity index is 1.84. The quantitative estimate of drug-likeness (QED) is 0.747. The number of hydrogen-bond acceptors (Lipinski definition) is 5. The monoisotopic (exact) mass is 297 g/mol. The minimum Gasteiger partial charge on any atom is -0.314 e. The third-order valence-corrected chi connectivity index (χ3v) is 4.94. The summed E-state index contributed by atoms with van der Waals surface area (Å²) in [5, 5.41) is 17.4. The van der Waals surface area contributed by atoms with Crippen molar-refractivity contribution in [2.45, 2.75) is 81.8 Å². The fourth-order valence-corrected chi connectivity index (χ4v) is 3.96. The zero-order valence-corrected chi connectivity index (χ0v) is 13.7. The van der Waals surface area contributed by atoms with Gasteiger partial charge >= 0.3 is 0 Å². The van der Waals surface area contributed by atoms with Gasteiger partial charge in [0.1, 0.15) is 0 Å². The number of aromatic nitrogens is 4. The van der Waals surface area contributed by atoms with Crippen molar-refractivity contribution in [2.24, 2.45) is 0 Å². The molecule has 1 aliphatic carbocycles. The lowest BCUT2D eigenvalue weighted by molar-refractivity contribution is 0.422. The van der Waals surface area contributed by atoms with Gasteiger partial charge in [-0.1, -0.05) is 38.5 Å². The molecule has 0 radical (unpaired) electrons. The molecule has 1 fully saturated rings. The normalized spacial score (nSPS) is 19.4. The van der Waals surface area contributed by atoms with E-state index in [0.29, 0.717) is 17.3 Å². The first-order valence-electron chi connectivity index (χ1n) is 7.88. The molecule has 0 aliphatic heterocycles. The van der Waals surface area contributed by atoms with Gasteiger partial charge in [-0.2, -0.15) is 0 Å². The molecule has 0 spiro atoms. The van der Waals surface area contributed by atoms with Gasteiger partial charge in [0.15, 0.2) is 0 Å². The molecule has 0 saturated heterocycles. The van der Waals surface area contributed by atoms with Gasteiger partial charge in [0.2, 0.25) is 5.16 Å². The summed E-state index contributed by atoms with van der Waals surface area (Å²) in [5.74, 6) is 0. The van der Waals surface area contributed by atoms with Crippen molar-refractivity contribution in [2.75, 3.05) is 6.54 Å². The maximum atomic E-state index is 4.21. The van der Waals surface area contributed by atoms with E-state index in [2.05, 4.69) is 46.3 Å². The van der Waals surface area contributed by atoms with Crippen LogP contribution in [-0.2, 0) is 0 Å². The van der Waals surface area contributed by atoms with E-state index in [1.165, 1.54) is 32.1 Å². The van der Waals surface area contributed by atoms with Crippen molar-refractivity contribution < 1.29 is 0 Å². The number of tetrazole rings is 1. The maximum Gasteiger partial charge on any atom is 0.209 e. The van der Waals surface area contributed by atoms with E-state index in [0.717, 1.165) is 18.1 Å². The van der Waals surface area contributed by atoms with Crippen molar-refractivity contribution >= 4 is 11.8 Å². The lowest BCUT2D eigenvalue weighted by Gasteiger charge is -2.18. The Morgan fingerprint density at radius 1 is 1.35 bits per heavy atom. The minimum atomic E-state index is 0.523. The van der Waals surface area contributed by atoms with Crippen LogP contribution in [0.3, 0.4) is 0 Å². The number of nitrogens with zero attached hydrogens (tertiary/aromatic N) is 4. The van der Waals surface area contributed by atoms with Crippen LogP contribution in [0.25, 0.3) is 0 Å². The number of hydrogen-bond donors (Lipinski definition) is 1. The predicted octanol–water partition coefficient (Wildman–Crippen LogP) is 3.05. The Hall–Kier alpha value is -0.620. The molecule has 20 heavy (non-hydrogen) atoms. The number of nitrogens with one attached hydrogen (secondary N) is 1. The zero-order valence-electron chi connectivity index (χ0n) is 12.9. The van der Waals surface area contributed by atoms with Gasteiger partial charge in [-0.25, -0.2) is 4.68 Å². The fraction of sp³-hybridized carbons (Fsp3) is 0.929. The van der Waals surface area contributed by atoms with Crippen LogP contribution >= 0.6 is 11.8 Å². The van der Waals surface area contributed by atoms with E-state index in [1.807, 2.05) is 11.8 Å². The highest BCUT2D eigenvalue weighted by molar-refractivity contribution is 7.99. The smallest absolute Gasteiger partial charge is 0.209 e. The number of thioether (sulfide) groups is 1. The molecule has 114 valence electrons. The summed E-state index contributed by atoms with van der Waals surface area (Å²) in [6.07, 6.45) is 7.39. The summed E-state index contributed by atoms with van der Waals surface area (Å²) in [6, 6.07) is 1.07. The van der Waals surface area contributed by atoms with Crippen molar-refractivity contribution in [3.63, 3.8) is 0 Å². The Labute approximate surface area is 126 Å². The van der Waals surface area contributed by atoms with Gasteiger partial charge in [0.05, 0.1) is 6.04 Å².